The van der Waals surface area contributed by atoms with Crippen molar-refractivity contribution in [2.75, 3.05) is 20.1 Å². The van der Waals surface area contributed by atoms with E-state index < -0.39 is 10.0 Å². The second-order valence-corrected chi connectivity index (χ2v) is 7.46. The fourth-order valence-electron chi connectivity index (χ4n) is 2.61. The molecule has 2 rings (SSSR count). The van der Waals surface area contributed by atoms with Crippen LogP contribution in [-0.4, -0.2) is 44.1 Å². The number of sulfonamides is 1. The van der Waals surface area contributed by atoms with E-state index in [9.17, 15) is 8.42 Å². The second kappa shape index (κ2) is 5.85. The zero-order valence-electron chi connectivity index (χ0n) is 12.3. The van der Waals surface area contributed by atoms with E-state index in [0.717, 1.165) is 25.2 Å². The largest absolute Gasteiger partial charge is 0.346 e. The number of hydrogen-bond acceptors (Lipinski definition) is 4. The Morgan fingerprint density at radius 2 is 2.20 bits per heavy atom. The van der Waals surface area contributed by atoms with Gasteiger partial charge in [-0.3, -0.25) is 0 Å². The Labute approximate surface area is 121 Å². The molecule has 0 aliphatic carbocycles. The Morgan fingerprint density at radius 1 is 1.50 bits per heavy atom. The fourth-order valence-corrected chi connectivity index (χ4v) is 3.92. The van der Waals surface area contributed by atoms with Gasteiger partial charge in [0.25, 0.3) is 0 Å². The van der Waals surface area contributed by atoms with E-state index in [4.69, 9.17) is 5.73 Å². The summed E-state index contributed by atoms with van der Waals surface area (Å²) in [5.41, 5.74) is 6.52. The van der Waals surface area contributed by atoms with Crippen molar-refractivity contribution in [2.24, 2.45) is 5.73 Å². The smallest absolute Gasteiger partial charge is 0.242 e. The van der Waals surface area contributed by atoms with Gasteiger partial charge in [0, 0.05) is 37.1 Å². The van der Waals surface area contributed by atoms with Crippen LogP contribution in [0.3, 0.4) is 0 Å². The molecule has 0 bridgehead atoms. The van der Waals surface area contributed by atoms with Crippen LogP contribution in [0.15, 0.2) is 17.2 Å². The number of likely N-dealkylation sites (N-methyl/N-ethyl adjacent to an activating group) is 1. The molecular formula is C13H24N4O2S. The first-order chi connectivity index (χ1) is 9.33. The van der Waals surface area contributed by atoms with E-state index >= 15 is 0 Å². The number of nitrogens with two attached hydrogens (primary N) is 1. The minimum Gasteiger partial charge on any atom is -0.346 e. The van der Waals surface area contributed by atoms with Crippen molar-refractivity contribution in [3.05, 3.63) is 18.0 Å². The lowest BCUT2D eigenvalue weighted by molar-refractivity contribution is 0.407. The van der Waals surface area contributed by atoms with Gasteiger partial charge in [-0.05, 0) is 39.9 Å². The Balaban J connectivity index is 2.21. The van der Waals surface area contributed by atoms with Crippen LogP contribution in [0.5, 0.6) is 0 Å². The number of hydrogen-bond donors (Lipinski definition) is 2. The summed E-state index contributed by atoms with van der Waals surface area (Å²) in [6, 6.07) is 1.85. The van der Waals surface area contributed by atoms with E-state index in [2.05, 4.69) is 9.62 Å². The summed E-state index contributed by atoms with van der Waals surface area (Å²) in [6.45, 7) is 6.03. The van der Waals surface area contributed by atoms with Gasteiger partial charge in [-0.15, -0.1) is 0 Å². The minimum atomic E-state index is -3.47. The van der Waals surface area contributed by atoms with E-state index in [0.29, 0.717) is 11.4 Å². The highest BCUT2D eigenvalue weighted by Gasteiger charge is 2.26. The van der Waals surface area contributed by atoms with E-state index in [1.54, 1.807) is 12.3 Å². The zero-order chi connectivity index (χ0) is 14.9. The van der Waals surface area contributed by atoms with Crippen molar-refractivity contribution < 1.29 is 8.42 Å². The standard InChI is InChI=1S/C13H24N4O2S/c1-10(2)17-9-13(6-12(17)7-14)20(18,19)15-11-4-5-16(3)8-11/h6,9-11,15H,4-5,7-8,14H2,1-3H3. The van der Waals surface area contributed by atoms with Crippen molar-refractivity contribution in [3.8, 4) is 0 Å². The van der Waals surface area contributed by atoms with Crippen LogP contribution >= 0.6 is 0 Å². The Kier molecular flexibility index (Phi) is 4.53. The first-order valence-electron chi connectivity index (χ1n) is 6.95. The van der Waals surface area contributed by atoms with Crippen LogP contribution in [0, 0.1) is 0 Å². The van der Waals surface area contributed by atoms with Crippen molar-refractivity contribution in [1.82, 2.24) is 14.2 Å². The third-order valence-electron chi connectivity index (χ3n) is 3.70. The first-order valence-corrected chi connectivity index (χ1v) is 8.43. The average Bonchev–Trinajstić information content (AvgIpc) is 2.95. The van der Waals surface area contributed by atoms with Crippen molar-refractivity contribution in [1.29, 1.82) is 0 Å². The molecule has 20 heavy (non-hydrogen) atoms. The van der Waals surface area contributed by atoms with E-state index in [1.807, 2.05) is 25.5 Å². The summed E-state index contributed by atoms with van der Waals surface area (Å²) in [4.78, 5) is 2.43. The monoisotopic (exact) mass is 300 g/mol. The zero-order valence-corrected chi connectivity index (χ0v) is 13.2. The fraction of sp³-hybridized carbons (Fsp3) is 0.692. The van der Waals surface area contributed by atoms with Gasteiger partial charge in [-0.1, -0.05) is 0 Å². The number of rotatable bonds is 5. The van der Waals surface area contributed by atoms with Crippen molar-refractivity contribution in [2.45, 2.75) is 43.8 Å². The molecule has 0 radical (unpaired) electrons. The van der Waals surface area contributed by atoms with Crippen LogP contribution < -0.4 is 10.5 Å². The molecule has 1 aliphatic rings. The summed E-state index contributed by atoms with van der Waals surface area (Å²) >= 11 is 0. The van der Waals surface area contributed by atoms with Crippen LogP contribution in [0.1, 0.15) is 32.0 Å². The molecule has 3 N–H and O–H groups in total. The molecule has 7 heteroatoms. The molecule has 1 fully saturated rings. The molecule has 1 atom stereocenters. The van der Waals surface area contributed by atoms with Crippen molar-refractivity contribution in [3.63, 3.8) is 0 Å². The molecule has 1 aromatic heterocycles. The van der Waals surface area contributed by atoms with Gasteiger partial charge >= 0.3 is 0 Å². The van der Waals surface area contributed by atoms with Crippen LogP contribution in [0.25, 0.3) is 0 Å². The quantitative estimate of drug-likeness (QED) is 0.830. The summed E-state index contributed by atoms with van der Waals surface area (Å²) in [6.07, 6.45) is 2.53. The van der Waals surface area contributed by atoms with Gasteiger partial charge in [-0.2, -0.15) is 0 Å². The maximum absolute atomic E-state index is 12.4. The van der Waals surface area contributed by atoms with Crippen LogP contribution in [0.2, 0.25) is 0 Å². The van der Waals surface area contributed by atoms with E-state index in [1.165, 1.54) is 0 Å². The maximum Gasteiger partial charge on any atom is 0.242 e. The summed E-state index contributed by atoms with van der Waals surface area (Å²) in [5.74, 6) is 0. The molecule has 0 amide bonds. The number of nitrogens with zero attached hydrogens (tertiary/aromatic N) is 2. The molecular weight excluding hydrogens is 276 g/mol. The number of aromatic nitrogens is 1. The van der Waals surface area contributed by atoms with E-state index in [-0.39, 0.29) is 12.1 Å². The third-order valence-corrected chi connectivity index (χ3v) is 5.18. The lowest BCUT2D eigenvalue weighted by atomic mass is 10.3. The molecule has 2 heterocycles. The molecule has 1 saturated heterocycles. The van der Waals surface area contributed by atoms with Gasteiger partial charge in [-0.25, -0.2) is 13.1 Å². The van der Waals surface area contributed by atoms with Gasteiger partial charge in [0.15, 0.2) is 0 Å². The van der Waals surface area contributed by atoms with Gasteiger partial charge in [0.2, 0.25) is 10.0 Å². The molecule has 6 nitrogen and oxygen atoms in total. The summed E-state index contributed by atoms with van der Waals surface area (Å²) in [5, 5.41) is 0. The molecule has 0 aromatic carbocycles. The SMILES string of the molecule is CC(C)n1cc(S(=O)(=O)NC2CCN(C)C2)cc1CN. The summed E-state index contributed by atoms with van der Waals surface area (Å²) in [7, 11) is -1.47. The lowest BCUT2D eigenvalue weighted by Gasteiger charge is -2.12. The highest BCUT2D eigenvalue weighted by Crippen LogP contribution is 2.20. The van der Waals surface area contributed by atoms with Gasteiger partial charge in [0.05, 0.1) is 4.90 Å². The molecule has 1 unspecified atom stereocenters. The number of nitrogens with one attached hydrogen (secondary N) is 1. The highest BCUT2D eigenvalue weighted by molar-refractivity contribution is 7.89. The molecule has 1 aliphatic heterocycles. The Hall–Kier alpha value is -0.890. The maximum atomic E-state index is 12.4. The molecule has 1 aromatic rings. The molecule has 0 saturated carbocycles. The van der Waals surface area contributed by atoms with Crippen LogP contribution in [-0.2, 0) is 16.6 Å². The highest BCUT2D eigenvalue weighted by atomic mass is 32.2. The normalized spacial score (nSPS) is 20.9. The second-order valence-electron chi connectivity index (χ2n) is 5.74. The first kappa shape index (κ1) is 15.5. The minimum absolute atomic E-state index is 0.00581. The topological polar surface area (TPSA) is 80.4 Å². The van der Waals surface area contributed by atoms with Gasteiger partial charge < -0.3 is 15.2 Å². The molecule has 114 valence electrons. The number of likely N-dealkylation sites (tertiary alicyclic amines) is 1. The molecule has 0 spiro atoms. The predicted octanol–water partition coefficient (Wildman–Crippen LogP) is 0.510. The summed E-state index contributed by atoms with van der Waals surface area (Å²) < 4.78 is 29.5. The van der Waals surface area contributed by atoms with Gasteiger partial charge in [0.1, 0.15) is 0 Å². The average molecular weight is 300 g/mol. The third kappa shape index (κ3) is 3.22. The lowest BCUT2D eigenvalue weighted by Crippen LogP contribution is -2.36. The predicted molar refractivity (Wildman–Crippen MR) is 78.9 cm³/mol. The van der Waals surface area contributed by atoms with Crippen molar-refractivity contribution >= 4 is 10.0 Å². The Bertz CT molecular complexity index is 565. The Morgan fingerprint density at radius 3 is 2.65 bits per heavy atom. The van der Waals surface area contributed by atoms with Crippen LogP contribution in [0.4, 0.5) is 0 Å².